The van der Waals surface area contributed by atoms with Crippen LogP contribution in [0.5, 0.6) is 0 Å². The smallest absolute Gasteiger partial charge is 0.184 e. The number of rotatable bonds is 17. The number of aliphatic imine (C=N–C) groups is 1. The third-order valence-electron chi connectivity index (χ3n) is 5.19. The van der Waals surface area contributed by atoms with E-state index in [-0.39, 0.29) is 6.61 Å². The minimum Gasteiger partial charge on any atom is -0.478 e. The molecule has 1 N–H and O–H groups in total. The largest absolute Gasteiger partial charge is 0.478 e. The first-order chi connectivity index (χ1) is 12.7. The van der Waals surface area contributed by atoms with Gasteiger partial charge >= 0.3 is 0 Å². The predicted octanol–water partition coefficient (Wildman–Crippen LogP) is 6.59. The number of allylic oxidation sites excluding steroid dienone is 2. The molecule has 3 heteroatoms. The third-order valence-corrected chi connectivity index (χ3v) is 5.19. The van der Waals surface area contributed by atoms with Gasteiger partial charge in [0.05, 0.1) is 6.61 Å². The van der Waals surface area contributed by atoms with Gasteiger partial charge in [-0.25, -0.2) is 4.99 Å². The maximum Gasteiger partial charge on any atom is 0.184 e. The number of hydrogen-bond acceptors (Lipinski definition) is 3. The zero-order valence-electron chi connectivity index (χ0n) is 17.5. The molecule has 0 aromatic rings. The Labute approximate surface area is 162 Å². The van der Waals surface area contributed by atoms with Crippen LogP contribution in [0.15, 0.2) is 17.1 Å². The second-order valence-corrected chi connectivity index (χ2v) is 8.14. The molecule has 3 nitrogen and oxygen atoms in total. The van der Waals surface area contributed by atoms with Gasteiger partial charge < -0.3 is 9.84 Å². The maximum atomic E-state index is 9.26. The van der Waals surface area contributed by atoms with Crippen LogP contribution < -0.4 is 0 Å². The molecule has 0 saturated heterocycles. The Morgan fingerprint density at radius 2 is 1.42 bits per heavy atom. The summed E-state index contributed by atoms with van der Waals surface area (Å²) in [6, 6.07) is 0. The fourth-order valence-corrected chi connectivity index (χ4v) is 3.34. The van der Waals surface area contributed by atoms with Crippen molar-refractivity contribution in [2.75, 3.05) is 13.2 Å². The molecule has 0 aliphatic carbocycles. The highest BCUT2D eigenvalue weighted by Gasteiger charge is 2.30. The van der Waals surface area contributed by atoms with Crippen molar-refractivity contribution in [1.82, 2.24) is 0 Å². The van der Waals surface area contributed by atoms with Gasteiger partial charge in [-0.3, -0.25) is 0 Å². The summed E-state index contributed by atoms with van der Waals surface area (Å²) in [7, 11) is 0. The average molecular weight is 366 g/mol. The molecule has 1 heterocycles. The van der Waals surface area contributed by atoms with Gasteiger partial charge in [-0.15, -0.1) is 0 Å². The van der Waals surface area contributed by atoms with E-state index >= 15 is 0 Å². The summed E-state index contributed by atoms with van der Waals surface area (Å²) in [5, 5.41) is 9.26. The van der Waals surface area contributed by atoms with Crippen molar-refractivity contribution < 1.29 is 9.84 Å². The average Bonchev–Trinajstić information content (AvgIpc) is 3.03. The molecule has 0 aromatic heterocycles. The zero-order chi connectivity index (χ0) is 18.9. The SMILES string of the molecule is CCCCCCCCC=CCCCCCCCCC1=NC(C)(CO)CO1. The Morgan fingerprint density at radius 1 is 0.885 bits per heavy atom. The van der Waals surface area contributed by atoms with Gasteiger partial charge in [0.1, 0.15) is 12.1 Å². The first-order valence-corrected chi connectivity index (χ1v) is 11.2. The normalized spacial score (nSPS) is 19.9. The second-order valence-electron chi connectivity index (χ2n) is 8.14. The number of hydrogen-bond donors (Lipinski definition) is 1. The van der Waals surface area contributed by atoms with Crippen LogP contribution in [0.4, 0.5) is 0 Å². The Balaban J connectivity index is 1.81. The molecule has 1 aliphatic rings. The number of nitrogens with zero attached hydrogens (tertiary/aromatic N) is 1. The highest BCUT2D eigenvalue weighted by Crippen LogP contribution is 2.20. The van der Waals surface area contributed by atoms with Crippen LogP contribution in [-0.4, -0.2) is 29.8 Å². The Bertz CT molecular complexity index is 392. The molecule has 0 aromatic carbocycles. The molecule has 1 aliphatic heterocycles. The summed E-state index contributed by atoms with van der Waals surface area (Å²) in [6.45, 7) is 4.83. The zero-order valence-corrected chi connectivity index (χ0v) is 17.5. The number of ether oxygens (including phenoxy) is 1. The minimum atomic E-state index is -0.391. The van der Waals surface area contributed by atoms with E-state index in [4.69, 9.17) is 4.74 Å². The number of aliphatic hydroxyl groups excluding tert-OH is 1. The van der Waals surface area contributed by atoms with Gasteiger partial charge in [0.15, 0.2) is 5.90 Å². The van der Waals surface area contributed by atoms with Crippen molar-refractivity contribution in [2.24, 2.45) is 4.99 Å². The van der Waals surface area contributed by atoms with E-state index in [0.717, 1.165) is 18.7 Å². The van der Waals surface area contributed by atoms with E-state index in [9.17, 15) is 5.11 Å². The van der Waals surface area contributed by atoms with Gasteiger partial charge in [-0.2, -0.15) is 0 Å². The Hall–Kier alpha value is -0.830. The van der Waals surface area contributed by atoms with E-state index in [1.165, 1.54) is 83.5 Å². The van der Waals surface area contributed by atoms with Gasteiger partial charge in [0, 0.05) is 6.42 Å². The Kier molecular flexibility index (Phi) is 13.6. The summed E-state index contributed by atoms with van der Waals surface area (Å²) in [5.41, 5.74) is -0.391. The van der Waals surface area contributed by atoms with Crippen molar-refractivity contribution in [1.29, 1.82) is 0 Å². The van der Waals surface area contributed by atoms with Crippen LogP contribution in [0.3, 0.4) is 0 Å². The predicted molar refractivity (Wildman–Crippen MR) is 113 cm³/mol. The molecule has 0 spiro atoms. The molecule has 152 valence electrons. The molecule has 26 heavy (non-hydrogen) atoms. The number of aliphatic hydroxyl groups is 1. The van der Waals surface area contributed by atoms with Gasteiger partial charge in [0.2, 0.25) is 0 Å². The van der Waals surface area contributed by atoms with Crippen LogP contribution in [0.1, 0.15) is 110 Å². The van der Waals surface area contributed by atoms with E-state index in [2.05, 4.69) is 24.1 Å². The van der Waals surface area contributed by atoms with Crippen molar-refractivity contribution in [3.63, 3.8) is 0 Å². The molecular formula is C23H43NO2. The van der Waals surface area contributed by atoms with Crippen LogP contribution in [0.25, 0.3) is 0 Å². The van der Waals surface area contributed by atoms with Crippen molar-refractivity contribution >= 4 is 5.90 Å². The standard InChI is InChI=1S/C23H43NO2/c1-3-4-5-6-7-8-9-10-11-12-13-14-15-16-17-18-19-22-24-23(2,20-25)21-26-22/h10-11,25H,3-9,12-21H2,1-2H3. The lowest BCUT2D eigenvalue weighted by Gasteiger charge is -2.12. The molecule has 1 atom stereocenters. The lowest BCUT2D eigenvalue weighted by atomic mass is 10.1. The molecule has 0 saturated carbocycles. The fourth-order valence-electron chi connectivity index (χ4n) is 3.34. The van der Waals surface area contributed by atoms with Crippen LogP contribution in [0.2, 0.25) is 0 Å². The van der Waals surface area contributed by atoms with Crippen LogP contribution in [0, 0.1) is 0 Å². The van der Waals surface area contributed by atoms with E-state index in [1.807, 2.05) is 6.92 Å². The lowest BCUT2D eigenvalue weighted by Crippen LogP contribution is -2.28. The highest BCUT2D eigenvalue weighted by molar-refractivity contribution is 5.78. The quantitative estimate of drug-likeness (QED) is 0.233. The monoisotopic (exact) mass is 365 g/mol. The molecule has 1 unspecified atom stereocenters. The van der Waals surface area contributed by atoms with Crippen molar-refractivity contribution in [3.05, 3.63) is 12.2 Å². The maximum absolute atomic E-state index is 9.26. The highest BCUT2D eigenvalue weighted by atomic mass is 16.5. The van der Waals surface area contributed by atoms with Gasteiger partial charge in [-0.05, 0) is 39.0 Å². The molecular weight excluding hydrogens is 322 g/mol. The fraction of sp³-hybridized carbons (Fsp3) is 0.870. The molecule has 1 rings (SSSR count). The summed E-state index contributed by atoms with van der Waals surface area (Å²) < 4.78 is 5.57. The van der Waals surface area contributed by atoms with E-state index < -0.39 is 5.54 Å². The lowest BCUT2D eigenvalue weighted by molar-refractivity contribution is 0.169. The molecule has 0 bridgehead atoms. The van der Waals surface area contributed by atoms with Gasteiger partial charge in [-0.1, -0.05) is 76.9 Å². The Morgan fingerprint density at radius 3 is 1.96 bits per heavy atom. The summed E-state index contributed by atoms with van der Waals surface area (Å²) in [6.07, 6.45) is 24.3. The van der Waals surface area contributed by atoms with Gasteiger partial charge in [0.25, 0.3) is 0 Å². The first-order valence-electron chi connectivity index (χ1n) is 11.2. The topological polar surface area (TPSA) is 41.8 Å². The minimum absolute atomic E-state index is 0.0733. The summed E-state index contributed by atoms with van der Waals surface area (Å²) >= 11 is 0. The van der Waals surface area contributed by atoms with E-state index in [0.29, 0.717) is 6.61 Å². The molecule has 0 amide bonds. The second kappa shape index (κ2) is 15.2. The molecule has 0 radical (unpaired) electrons. The summed E-state index contributed by atoms with van der Waals surface area (Å²) in [5.74, 6) is 0.844. The van der Waals surface area contributed by atoms with Crippen LogP contribution in [-0.2, 0) is 4.74 Å². The third kappa shape index (κ3) is 11.7. The summed E-state index contributed by atoms with van der Waals surface area (Å²) in [4.78, 5) is 4.48. The number of unbranched alkanes of at least 4 members (excludes halogenated alkanes) is 12. The van der Waals surface area contributed by atoms with Crippen molar-refractivity contribution in [2.45, 2.75) is 116 Å². The van der Waals surface area contributed by atoms with Crippen LogP contribution >= 0.6 is 0 Å². The van der Waals surface area contributed by atoms with Crippen molar-refractivity contribution in [3.8, 4) is 0 Å². The first kappa shape index (κ1) is 23.2. The molecule has 0 fully saturated rings. The van der Waals surface area contributed by atoms with E-state index in [1.54, 1.807) is 0 Å².